The number of hydrogen-bond acceptors (Lipinski definition) is 6. The van der Waals surface area contributed by atoms with E-state index < -0.39 is 0 Å². The van der Waals surface area contributed by atoms with Gasteiger partial charge in [0.2, 0.25) is 17.6 Å². The first-order valence-electron chi connectivity index (χ1n) is 7.93. The minimum Gasteiger partial charge on any atom is -0.338 e. The molecule has 24 heavy (non-hydrogen) atoms. The highest BCUT2D eigenvalue weighted by atomic mass is 32.1. The Bertz CT molecular complexity index is 713. The molecule has 0 aliphatic carbocycles. The molecule has 0 N–H and O–H groups in total. The zero-order valence-corrected chi connectivity index (χ0v) is 14.4. The van der Waals surface area contributed by atoms with Crippen LogP contribution in [0.5, 0.6) is 0 Å². The van der Waals surface area contributed by atoms with E-state index in [2.05, 4.69) is 15.0 Å². The molecular weight excluding hydrogens is 324 g/mol. The lowest BCUT2D eigenvalue weighted by Gasteiger charge is -2.33. The van der Waals surface area contributed by atoms with E-state index in [9.17, 15) is 4.79 Å². The zero-order valence-electron chi connectivity index (χ0n) is 13.6. The normalized spacial score (nSPS) is 16.5. The van der Waals surface area contributed by atoms with E-state index in [1.165, 1.54) is 0 Å². The van der Waals surface area contributed by atoms with Crippen molar-refractivity contribution in [1.29, 1.82) is 0 Å². The smallest absolute Gasteiger partial charge is 0.246 e. The molecule has 2 aromatic heterocycles. The fourth-order valence-electron chi connectivity index (χ4n) is 2.50. The Morgan fingerprint density at radius 3 is 2.88 bits per heavy atom. The summed E-state index contributed by atoms with van der Waals surface area (Å²) >= 11 is 1.59. The van der Waals surface area contributed by atoms with Crippen LogP contribution in [0.3, 0.4) is 0 Å². The summed E-state index contributed by atoms with van der Waals surface area (Å²) in [4.78, 5) is 21.6. The van der Waals surface area contributed by atoms with Crippen LogP contribution in [0.4, 0.5) is 0 Å². The molecule has 6 nitrogen and oxygen atoms in total. The van der Waals surface area contributed by atoms with Gasteiger partial charge in [0, 0.05) is 32.3 Å². The Morgan fingerprint density at radius 1 is 1.33 bits per heavy atom. The molecule has 0 bridgehead atoms. The average molecular weight is 344 g/mol. The summed E-state index contributed by atoms with van der Waals surface area (Å²) in [6, 6.07) is 3.95. The monoisotopic (exact) mass is 344 g/mol. The Kier molecular flexibility index (Phi) is 5.55. The molecule has 0 spiro atoms. The van der Waals surface area contributed by atoms with Gasteiger partial charge in [-0.3, -0.25) is 9.69 Å². The SMILES string of the molecule is C/C=C/C=C/C(=O)N1CCN(Cc2nc(-c3cccs3)no2)CC1. The van der Waals surface area contributed by atoms with Crippen LogP contribution in [0.25, 0.3) is 10.7 Å². The second-order valence-electron chi connectivity index (χ2n) is 5.48. The summed E-state index contributed by atoms with van der Waals surface area (Å²) in [5.74, 6) is 1.32. The molecule has 2 aromatic rings. The Balaban J connectivity index is 1.50. The molecule has 1 saturated heterocycles. The van der Waals surface area contributed by atoms with Crippen molar-refractivity contribution in [1.82, 2.24) is 19.9 Å². The third kappa shape index (κ3) is 4.18. The van der Waals surface area contributed by atoms with E-state index in [0.29, 0.717) is 31.3 Å². The predicted octanol–water partition coefficient (Wildman–Crippen LogP) is 2.57. The van der Waals surface area contributed by atoms with Gasteiger partial charge in [0.1, 0.15) is 0 Å². The van der Waals surface area contributed by atoms with E-state index in [-0.39, 0.29) is 5.91 Å². The zero-order chi connectivity index (χ0) is 16.8. The van der Waals surface area contributed by atoms with Crippen molar-refractivity contribution in [3.8, 4) is 10.7 Å². The average Bonchev–Trinajstić information content (AvgIpc) is 3.27. The molecule has 3 rings (SSSR count). The number of piperazine rings is 1. The molecule has 7 heteroatoms. The van der Waals surface area contributed by atoms with Gasteiger partial charge in [0.25, 0.3) is 0 Å². The van der Waals surface area contributed by atoms with Gasteiger partial charge in [0.05, 0.1) is 11.4 Å². The summed E-state index contributed by atoms with van der Waals surface area (Å²) in [5, 5.41) is 6.02. The molecular formula is C17H20N4O2S. The fourth-order valence-corrected chi connectivity index (χ4v) is 3.15. The van der Waals surface area contributed by atoms with Gasteiger partial charge in [-0.15, -0.1) is 11.3 Å². The number of rotatable bonds is 5. The highest BCUT2D eigenvalue weighted by Gasteiger charge is 2.21. The van der Waals surface area contributed by atoms with Gasteiger partial charge in [-0.05, 0) is 18.4 Å². The molecule has 1 fully saturated rings. The highest BCUT2D eigenvalue weighted by Crippen LogP contribution is 2.21. The van der Waals surface area contributed by atoms with Crippen LogP contribution in [0.15, 0.2) is 46.3 Å². The summed E-state index contributed by atoms with van der Waals surface area (Å²) < 4.78 is 5.34. The first-order valence-corrected chi connectivity index (χ1v) is 8.81. The number of nitrogens with zero attached hydrogens (tertiary/aromatic N) is 4. The van der Waals surface area contributed by atoms with Crippen LogP contribution in [-0.4, -0.2) is 52.0 Å². The van der Waals surface area contributed by atoms with Crippen LogP contribution in [0.2, 0.25) is 0 Å². The van der Waals surface area contributed by atoms with Crippen molar-refractivity contribution in [3.63, 3.8) is 0 Å². The maximum Gasteiger partial charge on any atom is 0.246 e. The molecule has 1 aliphatic heterocycles. The van der Waals surface area contributed by atoms with E-state index in [0.717, 1.165) is 18.0 Å². The lowest BCUT2D eigenvalue weighted by Crippen LogP contribution is -2.47. The van der Waals surface area contributed by atoms with Gasteiger partial charge >= 0.3 is 0 Å². The van der Waals surface area contributed by atoms with Gasteiger partial charge in [-0.2, -0.15) is 4.98 Å². The van der Waals surface area contributed by atoms with Crippen LogP contribution in [0.1, 0.15) is 12.8 Å². The molecule has 0 atom stereocenters. The lowest BCUT2D eigenvalue weighted by molar-refractivity contribution is -0.127. The van der Waals surface area contributed by atoms with Crippen molar-refractivity contribution in [2.24, 2.45) is 0 Å². The lowest BCUT2D eigenvalue weighted by atomic mass is 10.3. The number of amides is 1. The molecule has 0 unspecified atom stereocenters. The van der Waals surface area contributed by atoms with Crippen molar-refractivity contribution < 1.29 is 9.32 Å². The van der Waals surface area contributed by atoms with Crippen LogP contribution in [-0.2, 0) is 11.3 Å². The topological polar surface area (TPSA) is 62.5 Å². The van der Waals surface area contributed by atoms with Gasteiger partial charge in [-0.1, -0.05) is 29.5 Å². The Labute approximate surface area is 145 Å². The van der Waals surface area contributed by atoms with E-state index in [1.54, 1.807) is 23.5 Å². The summed E-state index contributed by atoms with van der Waals surface area (Å²) in [6.45, 7) is 5.58. The van der Waals surface area contributed by atoms with Crippen molar-refractivity contribution in [2.75, 3.05) is 26.2 Å². The van der Waals surface area contributed by atoms with E-state index >= 15 is 0 Å². The van der Waals surface area contributed by atoms with Crippen molar-refractivity contribution >= 4 is 17.2 Å². The molecule has 126 valence electrons. The Morgan fingerprint density at radius 2 is 2.17 bits per heavy atom. The summed E-state index contributed by atoms with van der Waals surface area (Å²) in [6.07, 6.45) is 7.14. The van der Waals surface area contributed by atoms with Crippen LogP contribution >= 0.6 is 11.3 Å². The second kappa shape index (κ2) is 8.03. The van der Waals surface area contributed by atoms with Crippen LogP contribution in [0, 0.1) is 0 Å². The molecule has 3 heterocycles. The molecule has 0 radical (unpaired) electrons. The van der Waals surface area contributed by atoms with Crippen LogP contribution < -0.4 is 0 Å². The van der Waals surface area contributed by atoms with Gasteiger partial charge < -0.3 is 9.42 Å². The minimum absolute atomic E-state index is 0.0607. The third-order valence-corrected chi connectivity index (χ3v) is 4.66. The predicted molar refractivity (Wildman–Crippen MR) is 93.4 cm³/mol. The van der Waals surface area contributed by atoms with E-state index in [1.807, 2.05) is 41.5 Å². The molecule has 1 amide bonds. The largest absolute Gasteiger partial charge is 0.338 e. The number of allylic oxidation sites excluding steroid dienone is 3. The minimum atomic E-state index is 0.0607. The first-order chi connectivity index (χ1) is 11.8. The summed E-state index contributed by atoms with van der Waals surface area (Å²) in [5.41, 5.74) is 0. The number of carbonyl (C=O) groups excluding carboxylic acids is 1. The molecule has 1 aliphatic rings. The fraction of sp³-hybridized carbons (Fsp3) is 0.353. The maximum atomic E-state index is 12.0. The quantitative estimate of drug-likeness (QED) is 0.616. The molecule has 0 saturated carbocycles. The number of aromatic nitrogens is 2. The molecule has 0 aromatic carbocycles. The number of thiophene rings is 1. The second-order valence-corrected chi connectivity index (χ2v) is 6.42. The van der Waals surface area contributed by atoms with E-state index in [4.69, 9.17) is 4.52 Å². The Hall–Kier alpha value is -2.25. The van der Waals surface area contributed by atoms with Crippen molar-refractivity contribution in [2.45, 2.75) is 13.5 Å². The van der Waals surface area contributed by atoms with Gasteiger partial charge in [0.15, 0.2) is 0 Å². The van der Waals surface area contributed by atoms with Crippen molar-refractivity contribution in [3.05, 3.63) is 47.7 Å². The standard InChI is InChI=1S/C17H20N4O2S/c1-2-3-4-7-16(22)21-10-8-20(9-11-21)13-15-18-17(19-23-15)14-6-5-12-24-14/h2-7,12H,8-11,13H2,1H3/b3-2+,7-4+. The number of hydrogen-bond donors (Lipinski definition) is 0. The first kappa shape index (κ1) is 16.6. The third-order valence-electron chi connectivity index (χ3n) is 3.79. The highest BCUT2D eigenvalue weighted by molar-refractivity contribution is 7.13. The summed E-state index contributed by atoms with van der Waals surface area (Å²) in [7, 11) is 0. The maximum absolute atomic E-state index is 12.0. The number of carbonyl (C=O) groups is 1. The van der Waals surface area contributed by atoms with Gasteiger partial charge in [-0.25, -0.2) is 0 Å².